The topological polar surface area (TPSA) is 81.7 Å². The van der Waals surface area contributed by atoms with Crippen molar-refractivity contribution in [2.24, 2.45) is 0 Å². The molecular weight excluding hydrogens is 567 g/mol. The van der Waals surface area contributed by atoms with Crippen LogP contribution in [0.5, 0.6) is 0 Å². The molecule has 1 heterocycles. The van der Waals surface area contributed by atoms with Gasteiger partial charge in [-0.3, -0.25) is 0 Å². The molecule has 6 atom stereocenters. The van der Waals surface area contributed by atoms with Crippen LogP contribution in [0.2, 0.25) is 0 Å². The first-order valence-electron chi connectivity index (χ1n) is 14.8. The summed E-state index contributed by atoms with van der Waals surface area (Å²) < 4.78 is 57.6. The number of halogens is 1. The van der Waals surface area contributed by atoms with Gasteiger partial charge in [0.2, 0.25) is 0 Å². The van der Waals surface area contributed by atoms with Crippen LogP contribution in [-0.2, 0) is 57.8 Å². The number of benzene rings is 3. The molecule has 0 aliphatic carbocycles. The molecule has 4 rings (SSSR count). The van der Waals surface area contributed by atoms with Gasteiger partial charge in [0.05, 0.1) is 33.0 Å². The van der Waals surface area contributed by atoms with Gasteiger partial charge in [-0.05, 0) is 29.7 Å². The molecule has 1 unspecified atom stereocenters. The minimum Gasteiger partial charge on any atom is -0.463 e. The van der Waals surface area contributed by atoms with Gasteiger partial charge < -0.3 is 33.2 Å². The predicted octanol–water partition coefficient (Wildman–Crippen LogP) is 5.59. The molecule has 0 aromatic heterocycles. The highest BCUT2D eigenvalue weighted by atomic mass is 19.1. The van der Waals surface area contributed by atoms with Crippen LogP contribution in [0.1, 0.15) is 23.6 Å². The highest BCUT2D eigenvalue weighted by Crippen LogP contribution is 2.33. The number of alkyl halides is 1. The molecule has 3 aromatic carbocycles. The second kappa shape index (κ2) is 18.4. The predicted molar refractivity (Wildman–Crippen MR) is 162 cm³/mol. The van der Waals surface area contributed by atoms with E-state index in [1.165, 1.54) is 7.11 Å². The maximum Gasteiger partial charge on any atom is 0.330 e. The first-order chi connectivity index (χ1) is 21.6. The van der Waals surface area contributed by atoms with E-state index in [-0.39, 0.29) is 33.2 Å². The van der Waals surface area contributed by atoms with Crippen LogP contribution in [0.25, 0.3) is 0 Å². The Kier molecular flexibility index (Phi) is 14.0. The van der Waals surface area contributed by atoms with Gasteiger partial charge >= 0.3 is 5.97 Å². The van der Waals surface area contributed by atoms with E-state index in [2.05, 4.69) is 0 Å². The molecule has 1 aliphatic heterocycles. The zero-order chi connectivity index (χ0) is 31.0. The van der Waals surface area contributed by atoms with Crippen molar-refractivity contribution in [3.05, 3.63) is 120 Å². The Labute approximate surface area is 258 Å². The third kappa shape index (κ3) is 10.3. The van der Waals surface area contributed by atoms with Gasteiger partial charge in [0.15, 0.2) is 0 Å². The second-order valence-corrected chi connectivity index (χ2v) is 10.3. The van der Waals surface area contributed by atoms with Gasteiger partial charge in [-0.25, -0.2) is 9.18 Å². The van der Waals surface area contributed by atoms with Crippen LogP contribution in [0.3, 0.4) is 0 Å². The fourth-order valence-corrected chi connectivity index (χ4v) is 4.93. The van der Waals surface area contributed by atoms with E-state index in [0.717, 1.165) is 28.8 Å². The average Bonchev–Trinajstić information content (AvgIpc) is 3.06. The van der Waals surface area contributed by atoms with E-state index in [4.69, 9.17) is 33.2 Å². The summed E-state index contributed by atoms with van der Waals surface area (Å²) >= 11 is 0. The molecule has 1 saturated heterocycles. The normalized spacial score (nSPS) is 22.6. The van der Waals surface area contributed by atoms with Crippen LogP contribution in [0.15, 0.2) is 103 Å². The largest absolute Gasteiger partial charge is 0.463 e. The molecule has 1 fully saturated rings. The molecule has 44 heavy (non-hydrogen) atoms. The summed E-state index contributed by atoms with van der Waals surface area (Å²) in [6.45, 7) is 2.64. The lowest BCUT2D eigenvalue weighted by molar-refractivity contribution is -0.287. The van der Waals surface area contributed by atoms with Crippen molar-refractivity contribution in [1.82, 2.24) is 0 Å². The fourth-order valence-electron chi connectivity index (χ4n) is 4.93. The van der Waals surface area contributed by atoms with E-state index in [0.29, 0.717) is 6.61 Å². The van der Waals surface area contributed by atoms with E-state index < -0.39 is 42.7 Å². The summed E-state index contributed by atoms with van der Waals surface area (Å²) in [5.41, 5.74) is 2.87. The standard InChI is InChI=1S/C35H41FO8/c1-3-40-31(37)20-19-29(36)32-34(43-25-38-2)35(42-23-28-17-11-6-12-18-28)33(41-22-27-15-9-5-10-16-27)30(44-32)24-39-21-26-13-7-4-8-14-26/h4-20,29-30,32-35H,3,21-25H2,1-2H3/b20-19+/t29?,30-,32-,33+,34+,35+/m1/s1. The van der Waals surface area contributed by atoms with Gasteiger partial charge in [0, 0.05) is 13.2 Å². The SMILES string of the molecule is CCOC(=O)/C=C/C(F)[C@H]1O[C@H](COCc2ccccc2)[C@H](OCc2ccccc2)[C@H](OCc2ccccc2)[C@H]1OCOC. The molecule has 9 heteroatoms. The molecule has 8 nitrogen and oxygen atoms in total. The minimum absolute atomic E-state index is 0.0986. The lowest BCUT2D eigenvalue weighted by Gasteiger charge is -2.46. The highest BCUT2D eigenvalue weighted by molar-refractivity contribution is 5.81. The quantitative estimate of drug-likeness (QED) is 0.112. The molecule has 0 amide bonds. The molecule has 0 spiro atoms. The highest BCUT2D eigenvalue weighted by Gasteiger charge is 2.50. The Balaban J connectivity index is 1.64. The van der Waals surface area contributed by atoms with Crippen LogP contribution in [-0.4, -0.2) is 69.8 Å². The third-order valence-electron chi connectivity index (χ3n) is 7.03. The molecule has 236 valence electrons. The van der Waals surface area contributed by atoms with Crippen LogP contribution >= 0.6 is 0 Å². The monoisotopic (exact) mass is 608 g/mol. The zero-order valence-corrected chi connectivity index (χ0v) is 25.2. The first-order valence-corrected chi connectivity index (χ1v) is 14.8. The van der Waals surface area contributed by atoms with Crippen molar-refractivity contribution in [3.63, 3.8) is 0 Å². The molecule has 0 N–H and O–H groups in total. The lowest BCUT2D eigenvalue weighted by atomic mass is 9.91. The van der Waals surface area contributed by atoms with E-state index in [1.54, 1.807) is 6.92 Å². The molecule has 0 saturated carbocycles. The van der Waals surface area contributed by atoms with Crippen LogP contribution < -0.4 is 0 Å². The number of hydrogen-bond donors (Lipinski definition) is 0. The van der Waals surface area contributed by atoms with Crippen molar-refractivity contribution in [3.8, 4) is 0 Å². The van der Waals surface area contributed by atoms with Crippen molar-refractivity contribution >= 4 is 5.97 Å². The van der Waals surface area contributed by atoms with Gasteiger partial charge in [0.25, 0.3) is 0 Å². The fraction of sp³-hybridized carbons (Fsp3) is 0.400. The zero-order valence-electron chi connectivity index (χ0n) is 25.2. The number of rotatable bonds is 17. The number of esters is 1. The molecule has 0 radical (unpaired) electrons. The molecule has 0 bridgehead atoms. The summed E-state index contributed by atoms with van der Waals surface area (Å²) in [5, 5.41) is 0. The van der Waals surface area contributed by atoms with Crippen molar-refractivity contribution in [2.75, 3.05) is 27.1 Å². The van der Waals surface area contributed by atoms with Crippen LogP contribution in [0, 0.1) is 0 Å². The van der Waals surface area contributed by atoms with E-state index in [1.807, 2.05) is 91.0 Å². The Hall–Kier alpha value is -3.44. The summed E-state index contributed by atoms with van der Waals surface area (Å²) in [7, 11) is 1.48. The summed E-state index contributed by atoms with van der Waals surface area (Å²) in [4.78, 5) is 12.0. The van der Waals surface area contributed by atoms with Gasteiger partial charge in [-0.1, -0.05) is 91.0 Å². The Morgan fingerprint density at radius 3 is 1.89 bits per heavy atom. The first kappa shape index (κ1) is 33.5. The second-order valence-electron chi connectivity index (χ2n) is 10.3. The van der Waals surface area contributed by atoms with Gasteiger partial charge in [-0.2, -0.15) is 0 Å². The van der Waals surface area contributed by atoms with E-state index in [9.17, 15) is 4.79 Å². The maximum atomic E-state index is 16.0. The Morgan fingerprint density at radius 1 is 0.795 bits per heavy atom. The average molecular weight is 609 g/mol. The number of carbonyl (C=O) groups is 1. The minimum atomic E-state index is -1.74. The van der Waals surface area contributed by atoms with Gasteiger partial charge in [0.1, 0.15) is 43.5 Å². The number of ether oxygens (including phenoxy) is 7. The smallest absolute Gasteiger partial charge is 0.330 e. The third-order valence-corrected chi connectivity index (χ3v) is 7.03. The maximum absolute atomic E-state index is 16.0. The Morgan fingerprint density at radius 2 is 1.34 bits per heavy atom. The van der Waals surface area contributed by atoms with Crippen LogP contribution in [0.4, 0.5) is 4.39 Å². The lowest BCUT2D eigenvalue weighted by Crippen LogP contribution is -2.63. The van der Waals surface area contributed by atoms with Gasteiger partial charge in [-0.15, -0.1) is 0 Å². The summed E-state index contributed by atoms with van der Waals surface area (Å²) in [6, 6.07) is 29.1. The number of methoxy groups -OCH3 is 1. The van der Waals surface area contributed by atoms with Crippen molar-refractivity contribution in [2.45, 2.75) is 63.4 Å². The van der Waals surface area contributed by atoms with Crippen molar-refractivity contribution in [1.29, 1.82) is 0 Å². The van der Waals surface area contributed by atoms with E-state index >= 15 is 4.39 Å². The molecule has 3 aromatic rings. The molecular formula is C35H41FO8. The van der Waals surface area contributed by atoms with Crippen molar-refractivity contribution < 1.29 is 42.3 Å². The summed E-state index contributed by atoms with van der Waals surface area (Å²) in [6.07, 6.45) is -3.90. The Bertz CT molecular complexity index is 1240. The summed E-state index contributed by atoms with van der Waals surface area (Å²) in [5.74, 6) is -0.649. The molecule has 1 aliphatic rings. The number of carbonyl (C=O) groups excluding carboxylic acids is 1. The number of hydrogen-bond acceptors (Lipinski definition) is 8.